The van der Waals surface area contributed by atoms with Crippen LogP contribution >= 0.6 is 15.2 Å². The van der Waals surface area contributed by atoms with Crippen LogP contribution in [-0.2, 0) is 13.9 Å². The van der Waals surface area contributed by atoms with Gasteiger partial charge in [0.25, 0.3) is 5.08 Å². The van der Waals surface area contributed by atoms with Crippen LogP contribution in [0.4, 0.5) is 0 Å². The Labute approximate surface area is 109 Å². The second-order valence-corrected chi connectivity index (χ2v) is 7.94. The van der Waals surface area contributed by atoms with Crippen LogP contribution in [-0.4, -0.2) is 35.7 Å². The molecular formula is C8H17NO8P2. The lowest BCUT2D eigenvalue weighted by molar-refractivity contribution is -0.114. The van der Waals surface area contributed by atoms with Crippen molar-refractivity contribution in [2.24, 2.45) is 11.7 Å². The smallest absolute Gasteiger partial charge is 0.367 e. The molecule has 0 aliphatic rings. The summed E-state index contributed by atoms with van der Waals surface area (Å²) in [6.45, 7) is 4.57. The van der Waals surface area contributed by atoms with E-state index in [1.54, 1.807) is 0 Å². The maximum atomic E-state index is 11.3. The molecule has 19 heavy (non-hydrogen) atoms. The maximum absolute atomic E-state index is 11.3. The topological polar surface area (TPSA) is 178 Å². The van der Waals surface area contributed by atoms with E-state index in [9.17, 15) is 19.0 Å². The third-order valence-electron chi connectivity index (χ3n) is 2.74. The minimum absolute atomic E-state index is 0.209. The van der Waals surface area contributed by atoms with E-state index in [1.165, 1.54) is 6.92 Å². The summed E-state index contributed by atoms with van der Waals surface area (Å²) in [4.78, 5) is 47.0. The Kier molecular flexibility index (Phi) is 5.68. The number of rotatable bonds is 7. The van der Waals surface area contributed by atoms with Gasteiger partial charge in [0.1, 0.15) is 0 Å². The molecule has 11 heteroatoms. The number of hydrogen-bond donors (Lipinski definition) is 6. The molecule has 0 aromatic carbocycles. The van der Waals surface area contributed by atoms with Crippen LogP contribution < -0.4 is 5.73 Å². The number of carbonyl (C=O) groups is 1. The van der Waals surface area contributed by atoms with E-state index < -0.39 is 38.5 Å². The SMILES string of the molecule is C=C(CC(CC)C(O)(P(=O)(O)O)P(=O)(O)O)C(N)=O. The highest BCUT2D eigenvalue weighted by Gasteiger charge is 2.63. The third kappa shape index (κ3) is 3.73. The molecule has 0 aliphatic heterocycles. The average molecular weight is 317 g/mol. The highest BCUT2D eigenvalue weighted by atomic mass is 31.2. The number of primary amides is 1. The van der Waals surface area contributed by atoms with Crippen LogP contribution in [0.3, 0.4) is 0 Å². The van der Waals surface area contributed by atoms with E-state index in [4.69, 9.17) is 25.3 Å². The number of nitrogens with two attached hydrogens (primary N) is 1. The fourth-order valence-electron chi connectivity index (χ4n) is 1.60. The molecule has 0 rings (SSSR count). The summed E-state index contributed by atoms with van der Waals surface area (Å²) in [6.07, 6.45) is -0.752. The summed E-state index contributed by atoms with van der Waals surface area (Å²) < 4.78 is 22.5. The molecule has 0 bridgehead atoms. The summed E-state index contributed by atoms with van der Waals surface area (Å²) in [5, 5.41) is 6.28. The van der Waals surface area contributed by atoms with Crippen LogP contribution in [0, 0.1) is 5.92 Å². The molecule has 0 heterocycles. The highest BCUT2D eigenvalue weighted by Crippen LogP contribution is 2.71. The molecule has 7 N–H and O–H groups in total. The molecule has 0 aromatic rings. The zero-order chi connectivity index (χ0) is 15.6. The molecule has 0 saturated carbocycles. The summed E-state index contributed by atoms with van der Waals surface area (Å²) in [7, 11) is -11.1. The van der Waals surface area contributed by atoms with Crippen LogP contribution in [0.15, 0.2) is 12.2 Å². The first kappa shape index (κ1) is 18.5. The molecule has 0 spiro atoms. The molecule has 0 radical (unpaired) electrons. The lowest BCUT2D eigenvalue weighted by Crippen LogP contribution is -2.38. The van der Waals surface area contributed by atoms with Crippen molar-refractivity contribution in [1.29, 1.82) is 0 Å². The number of amides is 1. The van der Waals surface area contributed by atoms with Gasteiger partial charge in [-0.1, -0.05) is 13.5 Å². The lowest BCUT2D eigenvalue weighted by atomic mass is 9.97. The first-order valence-electron chi connectivity index (χ1n) is 5.10. The molecule has 0 aliphatic carbocycles. The Bertz CT molecular complexity index is 441. The number of aliphatic hydroxyl groups is 1. The quantitative estimate of drug-likeness (QED) is 0.267. The van der Waals surface area contributed by atoms with Gasteiger partial charge in [-0.25, -0.2) is 0 Å². The molecule has 0 fully saturated rings. The Morgan fingerprint density at radius 1 is 1.26 bits per heavy atom. The number of carbonyl (C=O) groups excluding carboxylic acids is 1. The second kappa shape index (κ2) is 5.85. The van der Waals surface area contributed by atoms with Gasteiger partial charge in [0.05, 0.1) is 0 Å². The van der Waals surface area contributed by atoms with Gasteiger partial charge in [-0.3, -0.25) is 13.9 Å². The lowest BCUT2D eigenvalue weighted by Gasteiger charge is -2.36. The van der Waals surface area contributed by atoms with E-state index >= 15 is 0 Å². The van der Waals surface area contributed by atoms with E-state index in [-0.39, 0.29) is 12.0 Å². The van der Waals surface area contributed by atoms with Gasteiger partial charge in [-0.05, 0) is 12.8 Å². The van der Waals surface area contributed by atoms with Crippen molar-refractivity contribution < 1.29 is 38.6 Å². The first-order chi connectivity index (χ1) is 8.29. The van der Waals surface area contributed by atoms with Crippen molar-refractivity contribution in [1.82, 2.24) is 0 Å². The van der Waals surface area contributed by atoms with Crippen LogP contribution in [0.25, 0.3) is 0 Å². The minimum Gasteiger partial charge on any atom is -0.367 e. The van der Waals surface area contributed by atoms with Crippen LogP contribution in [0.5, 0.6) is 0 Å². The summed E-state index contributed by atoms with van der Waals surface area (Å²) in [6, 6.07) is 0. The van der Waals surface area contributed by atoms with Crippen molar-refractivity contribution in [3.05, 3.63) is 12.2 Å². The molecule has 112 valence electrons. The van der Waals surface area contributed by atoms with Gasteiger partial charge in [0.15, 0.2) is 0 Å². The molecule has 0 saturated heterocycles. The average Bonchev–Trinajstić information content (AvgIpc) is 2.20. The molecular weight excluding hydrogens is 300 g/mol. The van der Waals surface area contributed by atoms with Gasteiger partial charge in [0, 0.05) is 11.5 Å². The fraction of sp³-hybridized carbons (Fsp3) is 0.625. The van der Waals surface area contributed by atoms with Crippen molar-refractivity contribution >= 4 is 21.1 Å². The Morgan fingerprint density at radius 3 is 1.84 bits per heavy atom. The maximum Gasteiger partial charge on any atom is 0.369 e. The number of hydrogen-bond acceptors (Lipinski definition) is 4. The van der Waals surface area contributed by atoms with Crippen molar-refractivity contribution in [3.63, 3.8) is 0 Å². The van der Waals surface area contributed by atoms with Gasteiger partial charge < -0.3 is 30.4 Å². The molecule has 1 atom stereocenters. The monoisotopic (exact) mass is 317 g/mol. The zero-order valence-electron chi connectivity index (χ0n) is 10.1. The van der Waals surface area contributed by atoms with Crippen molar-refractivity contribution in [2.75, 3.05) is 0 Å². The minimum atomic E-state index is -5.57. The first-order valence-corrected chi connectivity index (χ1v) is 8.32. The summed E-state index contributed by atoms with van der Waals surface area (Å²) in [5.74, 6) is -2.56. The van der Waals surface area contributed by atoms with Gasteiger partial charge in [0.2, 0.25) is 5.91 Å². The van der Waals surface area contributed by atoms with Gasteiger partial charge in [-0.15, -0.1) is 0 Å². The Balaban J connectivity index is 5.74. The highest BCUT2D eigenvalue weighted by molar-refractivity contribution is 7.72. The van der Waals surface area contributed by atoms with Crippen LogP contribution in [0.2, 0.25) is 0 Å². The predicted molar refractivity (Wildman–Crippen MR) is 65.8 cm³/mol. The molecule has 1 unspecified atom stereocenters. The van der Waals surface area contributed by atoms with E-state index in [0.29, 0.717) is 0 Å². The van der Waals surface area contributed by atoms with E-state index in [2.05, 4.69) is 6.58 Å². The zero-order valence-corrected chi connectivity index (χ0v) is 11.9. The molecule has 1 amide bonds. The predicted octanol–water partition coefficient (Wildman–Crippen LogP) is -0.554. The fourth-order valence-corrected chi connectivity index (χ4v) is 4.46. The second-order valence-electron chi connectivity index (χ2n) is 4.05. The molecule has 0 aromatic heterocycles. The summed E-state index contributed by atoms with van der Waals surface area (Å²) >= 11 is 0. The largest absolute Gasteiger partial charge is 0.369 e. The van der Waals surface area contributed by atoms with Crippen molar-refractivity contribution in [2.45, 2.75) is 24.8 Å². The van der Waals surface area contributed by atoms with E-state index in [0.717, 1.165) is 0 Å². The van der Waals surface area contributed by atoms with Crippen molar-refractivity contribution in [3.8, 4) is 0 Å². The van der Waals surface area contributed by atoms with Gasteiger partial charge >= 0.3 is 15.2 Å². The Morgan fingerprint density at radius 2 is 1.63 bits per heavy atom. The molecule has 9 nitrogen and oxygen atoms in total. The normalized spacial score (nSPS) is 15.1. The van der Waals surface area contributed by atoms with Gasteiger partial charge in [-0.2, -0.15) is 0 Å². The van der Waals surface area contributed by atoms with E-state index in [1.807, 2.05) is 0 Å². The summed E-state index contributed by atoms with van der Waals surface area (Å²) in [5.41, 5.74) is 4.59. The Hall–Kier alpha value is -0.530. The third-order valence-corrected chi connectivity index (χ3v) is 6.75. The van der Waals surface area contributed by atoms with Crippen LogP contribution in [0.1, 0.15) is 19.8 Å². The standard InChI is InChI=1S/C8H17NO8P2/c1-3-6(4-5(2)7(9)10)8(11,18(12,13)14)19(15,16)17/h6,11H,2-4H2,1H3,(H2,9,10)(H2,12,13,14)(H2,15,16,17).